The Morgan fingerprint density at radius 1 is 1.25 bits per heavy atom. The van der Waals surface area contributed by atoms with E-state index in [4.69, 9.17) is 4.42 Å². The van der Waals surface area contributed by atoms with Crippen molar-refractivity contribution in [3.63, 3.8) is 0 Å². The van der Waals surface area contributed by atoms with Crippen LogP contribution in [0.4, 0.5) is 0 Å². The molecule has 0 amide bonds. The first-order valence-corrected chi connectivity index (χ1v) is 8.29. The molecule has 124 valence electrons. The van der Waals surface area contributed by atoms with Crippen molar-refractivity contribution >= 4 is 17.7 Å². The highest BCUT2D eigenvalue weighted by Crippen LogP contribution is 2.34. The minimum atomic E-state index is -0.488. The van der Waals surface area contributed by atoms with E-state index in [-0.39, 0.29) is 11.0 Å². The first-order valence-electron chi connectivity index (χ1n) is 7.41. The highest BCUT2D eigenvalue weighted by atomic mass is 32.2. The molecule has 0 aliphatic carbocycles. The number of benzene rings is 1. The van der Waals surface area contributed by atoms with Crippen molar-refractivity contribution in [2.75, 3.05) is 7.11 Å². The Bertz CT molecular complexity index is 839. The Morgan fingerprint density at radius 2 is 2.00 bits per heavy atom. The summed E-state index contributed by atoms with van der Waals surface area (Å²) in [6, 6.07) is 11.4. The molecule has 3 aromatic rings. The molecular formula is C17H17N3O3S. The molecule has 0 spiro atoms. The summed E-state index contributed by atoms with van der Waals surface area (Å²) in [5, 5.41) is 7.76. The highest BCUT2D eigenvalue weighted by molar-refractivity contribution is 7.99. The summed E-state index contributed by atoms with van der Waals surface area (Å²) in [4.78, 5) is 15.9. The summed E-state index contributed by atoms with van der Waals surface area (Å²) in [5.74, 6) is 1.09. The molecular weight excluding hydrogens is 326 g/mol. The first kappa shape index (κ1) is 16.3. The monoisotopic (exact) mass is 343 g/mol. The van der Waals surface area contributed by atoms with Gasteiger partial charge in [-0.1, -0.05) is 41.6 Å². The van der Waals surface area contributed by atoms with Gasteiger partial charge in [0.15, 0.2) is 5.82 Å². The number of ether oxygens (including phenoxy) is 1. The molecule has 0 aliphatic heterocycles. The number of hydrogen-bond donors (Lipinski definition) is 1. The van der Waals surface area contributed by atoms with Crippen LogP contribution in [0.1, 0.15) is 34.1 Å². The van der Waals surface area contributed by atoms with Crippen LogP contribution < -0.4 is 0 Å². The summed E-state index contributed by atoms with van der Waals surface area (Å²) < 4.78 is 10.2. The molecule has 24 heavy (non-hydrogen) atoms. The SMILES string of the molecule is COC(=O)c1ccc([C@@H](C)Sc2n[nH]c(-c3ccc(C)cc3)n2)o1. The minimum absolute atomic E-state index is 0.0370. The number of furan rings is 1. The van der Waals surface area contributed by atoms with Crippen molar-refractivity contribution in [2.24, 2.45) is 0 Å². The van der Waals surface area contributed by atoms with E-state index in [1.807, 2.05) is 38.1 Å². The molecule has 2 aromatic heterocycles. The summed E-state index contributed by atoms with van der Waals surface area (Å²) in [6.45, 7) is 4.01. The number of esters is 1. The van der Waals surface area contributed by atoms with Crippen LogP contribution in [0.2, 0.25) is 0 Å². The van der Waals surface area contributed by atoms with Crippen LogP contribution in [0.5, 0.6) is 0 Å². The fourth-order valence-electron chi connectivity index (χ4n) is 2.14. The lowest BCUT2D eigenvalue weighted by Crippen LogP contribution is -1.98. The van der Waals surface area contributed by atoms with Gasteiger partial charge in [0.05, 0.1) is 12.4 Å². The summed E-state index contributed by atoms with van der Waals surface area (Å²) in [6.07, 6.45) is 0. The second-order valence-corrected chi connectivity index (χ2v) is 6.59. The molecule has 1 aromatic carbocycles. The summed E-state index contributed by atoms with van der Waals surface area (Å²) in [5.41, 5.74) is 2.18. The van der Waals surface area contributed by atoms with Gasteiger partial charge in [-0.25, -0.2) is 9.78 Å². The lowest BCUT2D eigenvalue weighted by molar-refractivity contribution is 0.0563. The van der Waals surface area contributed by atoms with Crippen molar-refractivity contribution in [1.29, 1.82) is 0 Å². The summed E-state index contributed by atoms with van der Waals surface area (Å²) >= 11 is 1.45. The number of thioether (sulfide) groups is 1. The average Bonchev–Trinajstić information content (AvgIpc) is 3.24. The number of aromatic amines is 1. The van der Waals surface area contributed by atoms with Crippen molar-refractivity contribution in [3.8, 4) is 11.4 Å². The Morgan fingerprint density at radius 3 is 2.71 bits per heavy atom. The van der Waals surface area contributed by atoms with Gasteiger partial charge < -0.3 is 9.15 Å². The van der Waals surface area contributed by atoms with Gasteiger partial charge in [0, 0.05) is 5.56 Å². The standard InChI is InChI=1S/C17H17N3O3S/c1-10-4-6-12(7-5-10)15-18-17(20-19-15)24-11(2)13-8-9-14(23-13)16(21)22-3/h4-9,11H,1-3H3,(H,18,19,20)/t11-/m1/s1. The lowest BCUT2D eigenvalue weighted by atomic mass is 10.1. The number of aryl methyl sites for hydroxylation is 1. The molecule has 3 rings (SSSR count). The van der Waals surface area contributed by atoms with Gasteiger partial charge >= 0.3 is 5.97 Å². The first-order chi connectivity index (χ1) is 11.6. The molecule has 0 radical (unpaired) electrons. The Kier molecular flexibility index (Phi) is 4.71. The Hall–Kier alpha value is -2.54. The largest absolute Gasteiger partial charge is 0.463 e. The molecule has 1 N–H and O–H groups in total. The van der Waals surface area contributed by atoms with Gasteiger partial charge in [-0.15, -0.1) is 5.10 Å². The van der Waals surface area contributed by atoms with E-state index in [1.165, 1.54) is 24.4 Å². The van der Waals surface area contributed by atoms with Gasteiger partial charge in [-0.3, -0.25) is 5.10 Å². The quantitative estimate of drug-likeness (QED) is 0.557. The predicted octanol–water partition coefficient (Wildman–Crippen LogP) is 4.01. The van der Waals surface area contributed by atoms with E-state index >= 15 is 0 Å². The van der Waals surface area contributed by atoms with Crippen molar-refractivity contribution in [2.45, 2.75) is 24.3 Å². The number of carbonyl (C=O) groups excluding carboxylic acids is 1. The topological polar surface area (TPSA) is 81.0 Å². The smallest absolute Gasteiger partial charge is 0.373 e. The summed E-state index contributed by atoms with van der Waals surface area (Å²) in [7, 11) is 1.32. The second-order valence-electron chi connectivity index (χ2n) is 5.29. The second kappa shape index (κ2) is 6.92. The normalized spacial score (nSPS) is 12.1. The maximum absolute atomic E-state index is 11.4. The number of rotatable bonds is 5. The predicted molar refractivity (Wildman–Crippen MR) is 90.9 cm³/mol. The van der Waals surface area contributed by atoms with Crippen LogP contribution in [0, 0.1) is 6.92 Å². The third-order valence-corrected chi connectivity index (χ3v) is 4.47. The fourth-order valence-corrected chi connectivity index (χ4v) is 2.94. The van der Waals surface area contributed by atoms with Gasteiger partial charge in [-0.05, 0) is 26.0 Å². The molecule has 0 saturated heterocycles. The van der Waals surface area contributed by atoms with E-state index in [1.54, 1.807) is 12.1 Å². The van der Waals surface area contributed by atoms with Gasteiger partial charge in [0.1, 0.15) is 5.76 Å². The van der Waals surface area contributed by atoms with E-state index in [9.17, 15) is 4.79 Å². The van der Waals surface area contributed by atoms with Gasteiger partial charge in [-0.2, -0.15) is 0 Å². The molecule has 0 saturated carbocycles. The number of aromatic nitrogens is 3. The molecule has 0 aliphatic rings. The van der Waals surface area contributed by atoms with Crippen LogP contribution >= 0.6 is 11.8 Å². The number of carbonyl (C=O) groups is 1. The maximum Gasteiger partial charge on any atom is 0.373 e. The molecule has 0 fully saturated rings. The molecule has 6 nitrogen and oxygen atoms in total. The zero-order valence-corrected chi connectivity index (χ0v) is 14.4. The fraction of sp³-hybridized carbons (Fsp3) is 0.235. The average molecular weight is 343 g/mol. The molecule has 2 heterocycles. The number of nitrogens with one attached hydrogen (secondary N) is 1. The van der Waals surface area contributed by atoms with Gasteiger partial charge in [0.2, 0.25) is 10.9 Å². The molecule has 7 heteroatoms. The van der Waals surface area contributed by atoms with E-state index in [0.29, 0.717) is 10.9 Å². The third-order valence-electron chi connectivity index (χ3n) is 3.49. The number of H-pyrrole nitrogens is 1. The van der Waals surface area contributed by atoms with E-state index in [2.05, 4.69) is 19.9 Å². The molecule has 0 unspecified atom stereocenters. The molecule has 0 bridgehead atoms. The number of methoxy groups -OCH3 is 1. The van der Waals surface area contributed by atoms with Crippen LogP contribution in [0.25, 0.3) is 11.4 Å². The van der Waals surface area contributed by atoms with Gasteiger partial charge in [0.25, 0.3) is 0 Å². The van der Waals surface area contributed by atoms with Crippen LogP contribution in [0.3, 0.4) is 0 Å². The van der Waals surface area contributed by atoms with E-state index < -0.39 is 5.97 Å². The lowest BCUT2D eigenvalue weighted by Gasteiger charge is -2.04. The highest BCUT2D eigenvalue weighted by Gasteiger charge is 2.18. The van der Waals surface area contributed by atoms with Crippen molar-refractivity contribution < 1.29 is 13.9 Å². The third kappa shape index (κ3) is 3.51. The number of nitrogens with zero attached hydrogens (tertiary/aromatic N) is 2. The number of hydrogen-bond acceptors (Lipinski definition) is 6. The Labute approximate surface area is 143 Å². The van der Waals surface area contributed by atoms with Crippen molar-refractivity contribution in [1.82, 2.24) is 15.2 Å². The van der Waals surface area contributed by atoms with Crippen molar-refractivity contribution in [3.05, 3.63) is 53.5 Å². The van der Waals surface area contributed by atoms with Crippen LogP contribution in [0.15, 0.2) is 46.0 Å². The zero-order chi connectivity index (χ0) is 17.1. The zero-order valence-electron chi connectivity index (χ0n) is 13.6. The van der Waals surface area contributed by atoms with E-state index in [0.717, 1.165) is 11.4 Å². The molecule has 1 atom stereocenters. The van der Waals surface area contributed by atoms with Crippen LogP contribution in [-0.2, 0) is 4.74 Å². The van der Waals surface area contributed by atoms with Crippen LogP contribution in [-0.4, -0.2) is 28.3 Å². The maximum atomic E-state index is 11.4. The minimum Gasteiger partial charge on any atom is -0.463 e. The Balaban J connectivity index is 1.71.